The van der Waals surface area contributed by atoms with Crippen LogP contribution < -0.4 is 0 Å². The lowest BCUT2D eigenvalue weighted by Gasteiger charge is -2.24. The van der Waals surface area contributed by atoms with Crippen LogP contribution in [-0.4, -0.2) is 27.6 Å². The first kappa shape index (κ1) is 10.1. The molecule has 1 aromatic carbocycles. The van der Waals surface area contributed by atoms with Crippen LogP contribution in [0, 0.1) is 5.82 Å². The van der Waals surface area contributed by atoms with E-state index in [0.29, 0.717) is 24.9 Å². The van der Waals surface area contributed by atoms with Gasteiger partial charge in [-0.05, 0) is 24.1 Å². The SMILES string of the molecule is O=C(O)N1CCc2c([nH]c3cccc(F)c23)C1. The second-order valence-corrected chi connectivity index (χ2v) is 4.20. The number of nitrogens with zero attached hydrogens (tertiary/aromatic N) is 1. The zero-order chi connectivity index (χ0) is 12.0. The van der Waals surface area contributed by atoms with Gasteiger partial charge >= 0.3 is 6.09 Å². The Morgan fingerprint density at radius 3 is 3.06 bits per heavy atom. The molecule has 2 N–H and O–H groups in total. The van der Waals surface area contributed by atoms with E-state index < -0.39 is 6.09 Å². The normalized spacial score (nSPS) is 15.0. The average Bonchev–Trinajstić information content (AvgIpc) is 2.67. The monoisotopic (exact) mass is 234 g/mol. The number of amides is 1. The molecule has 1 aromatic heterocycles. The van der Waals surface area contributed by atoms with Crippen LogP contribution in [0.25, 0.3) is 10.9 Å². The van der Waals surface area contributed by atoms with Gasteiger partial charge in [0.1, 0.15) is 5.82 Å². The van der Waals surface area contributed by atoms with Crippen molar-refractivity contribution in [2.45, 2.75) is 13.0 Å². The molecule has 0 saturated carbocycles. The quantitative estimate of drug-likeness (QED) is 0.735. The van der Waals surface area contributed by atoms with Crippen molar-refractivity contribution in [3.05, 3.63) is 35.3 Å². The third-order valence-electron chi connectivity index (χ3n) is 3.22. The van der Waals surface area contributed by atoms with Crippen LogP contribution in [0.1, 0.15) is 11.3 Å². The lowest BCUT2D eigenvalue weighted by atomic mass is 10.0. The standard InChI is InChI=1S/C12H11FN2O2/c13-8-2-1-3-9-11(8)7-4-5-15(12(16)17)6-10(7)14-9/h1-3,14H,4-6H2,(H,16,17). The lowest BCUT2D eigenvalue weighted by Crippen LogP contribution is -2.34. The van der Waals surface area contributed by atoms with E-state index in [0.717, 1.165) is 16.8 Å². The van der Waals surface area contributed by atoms with Gasteiger partial charge in [-0.3, -0.25) is 0 Å². The number of fused-ring (bicyclic) bond motifs is 3. The van der Waals surface area contributed by atoms with E-state index in [1.165, 1.54) is 11.0 Å². The summed E-state index contributed by atoms with van der Waals surface area (Å²) in [4.78, 5) is 15.3. The summed E-state index contributed by atoms with van der Waals surface area (Å²) < 4.78 is 13.7. The third kappa shape index (κ3) is 1.46. The largest absolute Gasteiger partial charge is 0.465 e. The lowest BCUT2D eigenvalue weighted by molar-refractivity contribution is 0.139. The number of carbonyl (C=O) groups is 1. The second kappa shape index (κ2) is 3.48. The summed E-state index contributed by atoms with van der Waals surface area (Å²) in [7, 11) is 0. The number of hydrogen-bond acceptors (Lipinski definition) is 1. The molecule has 17 heavy (non-hydrogen) atoms. The summed E-state index contributed by atoms with van der Waals surface area (Å²) in [6.07, 6.45) is -0.377. The predicted molar refractivity (Wildman–Crippen MR) is 60.4 cm³/mol. The molecule has 0 atom stereocenters. The highest BCUT2D eigenvalue weighted by molar-refractivity contribution is 5.85. The van der Waals surface area contributed by atoms with Crippen LogP contribution in [0.4, 0.5) is 9.18 Å². The van der Waals surface area contributed by atoms with E-state index in [1.54, 1.807) is 6.07 Å². The first-order valence-electron chi connectivity index (χ1n) is 5.42. The Hall–Kier alpha value is -2.04. The van der Waals surface area contributed by atoms with Gasteiger partial charge in [0.2, 0.25) is 0 Å². The number of benzene rings is 1. The number of carboxylic acid groups (broad SMARTS) is 1. The molecule has 0 fully saturated rings. The second-order valence-electron chi connectivity index (χ2n) is 4.20. The average molecular weight is 234 g/mol. The molecule has 0 spiro atoms. The van der Waals surface area contributed by atoms with Crippen LogP contribution in [0.3, 0.4) is 0 Å². The first-order valence-corrected chi connectivity index (χ1v) is 5.42. The molecule has 4 nitrogen and oxygen atoms in total. The third-order valence-corrected chi connectivity index (χ3v) is 3.22. The van der Waals surface area contributed by atoms with E-state index in [9.17, 15) is 9.18 Å². The molecule has 1 aliphatic heterocycles. The molecule has 5 heteroatoms. The van der Waals surface area contributed by atoms with Crippen molar-refractivity contribution in [1.29, 1.82) is 0 Å². The Balaban J connectivity index is 2.14. The van der Waals surface area contributed by atoms with Gasteiger partial charge in [-0.2, -0.15) is 0 Å². The minimum atomic E-state index is -0.935. The maximum Gasteiger partial charge on any atom is 0.407 e. The highest BCUT2D eigenvalue weighted by Crippen LogP contribution is 2.29. The number of aromatic amines is 1. The molecule has 2 heterocycles. The molecule has 88 valence electrons. The van der Waals surface area contributed by atoms with Crippen LogP contribution in [0.15, 0.2) is 18.2 Å². The van der Waals surface area contributed by atoms with Gasteiger partial charge in [0.15, 0.2) is 0 Å². The van der Waals surface area contributed by atoms with Gasteiger partial charge in [0.25, 0.3) is 0 Å². The van der Waals surface area contributed by atoms with Crippen LogP contribution in [0.2, 0.25) is 0 Å². The van der Waals surface area contributed by atoms with Crippen molar-refractivity contribution in [1.82, 2.24) is 9.88 Å². The Bertz CT molecular complexity index is 606. The summed E-state index contributed by atoms with van der Waals surface area (Å²) in [5.41, 5.74) is 2.46. The molecule has 3 rings (SSSR count). The van der Waals surface area contributed by atoms with E-state index >= 15 is 0 Å². The van der Waals surface area contributed by atoms with Gasteiger partial charge in [0.05, 0.1) is 6.54 Å². The number of H-pyrrole nitrogens is 1. The number of halogens is 1. The molecular weight excluding hydrogens is 223 g/mol. The maximum absolute atomic E-state index is 13.7. The van der Waals surface area contributed by atoms with E-state index in [-0.39, 0.29) is 5.82 Å². The van der Waals surface area contributed by atoms with Crippen molar-refractivity contribution in [2.24, 2.45) is 0 Å². The summed E-state index contributed by atoms with van der Waals surface area (Å²) in [5, 5.41) is 9.54. The highest BCUT2D eigenvalue weighted by Gasteiger charge is 2.24. The van der Waals surface area contributed by atoms with Crippen molar-refractivity contribution >= 4 is 17.0 Å². The minimum absolute atomic E-state index is 0.247. The number of aromatic nitrogens is 1. The fraction of sp³-hybridized carbons (Fsp3) is 0.250. The first-order chi connectivity index (χ1) is 8.16. The van der Waals surface area contributed by atoms with E-state index in [1.807, 2.05) is 6.07 Å². The molecule has 1 amide bonds. The topological polar surface area (TPSA) is 56.3 Å². The van der Waals surface area contributed by atoms with Crippen molar-refractivity contribution in [3.63, 3.8) is 0 Å². The fourth-order valence-corrected chi connectivity index (χ4v) is 2.41. The molecule has 0 radical (unpaired) electrons. The predicted octanol–water partition coefficient (Wildman–Crippen LogP) is 2.34. The summed E-state index contributed by atoms with van der Waals surface area (Å²) in [6.45, 7) is 0.725. The Morgan fingerprint density at radius 2 is 2.29 bits per heavy atom. The van der Waals surface area contributed by atoms with E-state index in [2.05, 4.69) is 4.98 Å². The molecule has 1 aliphatic rings. The molecule has 0 unspecified atom stereocenters. The number of hydrogen-bond donors (Lipinski definition) is 2. The maximum atomic E-state index is 13.7. The molecule has 0 saturated heterocycles. The fourth-order valence-electron chi connectivity index (χ4n) is 2.41. The summed E-state index contributed by atoms with van der Waals surface area (Å²) >= 11 is 0. The van der Waals surface area contributed by atoms with Crippen LogP contribution in [0.5, 0.6) is 0 Å². The molecule has 0 bridgehead atoms. The van der Waals surface area contributed by atoms with Gasteiger partial charge in [-0.15, -0.1) is 0 Å². The van der Waals surface area contributed by atoms with Gasteiger partial charge in [-0.25, -0.2) is 9.18 Å². The van der Waals surface area contributed by atoms with Crippen molar-refractivity contribution < 1.29 is 14.3 Å². The zero-order valence-electron chi connectivity index (χ0n) is 9.03. The van der Waals surface area contributed by atoms with Crippen LogP contribution in [-0.2, 0) is 13.0 Å². The van der Waals surface area contributed by atoms with Crippen LogP contribution >= 0.6 is 0 Å². The minimum Gasteiger partial charge on any atom is -0.465 e. The van der Waals surface area contributed by atoms with Crippen molar-refractivity contribution in [2.75, 3.05) is 6.54 Å². The summed E-state index contributed by atoms with van der Waals surface area (Å²) in [6, 6.07) is 4.89. The molecule has 2 aromatic rings. The number of rotatable bonds is 0. The van der Waals surface area contributed by atoms with Gasteiger partial charge < -0.3 is 15.0 Å². The van der Waals surface area contributed by atoms with Gasteiger partial charge in [-0.1, -0.05) is 6.07 Å². The number of nitrogens with one attached hydrogen (secondary N) is 1. The summed E-state index contributed by atoms with van der Waals surface area (Å²) in [5.74, 6) is -0.247. The zero-order valence-corrected chi connectivity index (χ0v) is 9.03. The Morgan fingerprint density at radius 1 is 1.47 bits per heavy atom. The highest BCUT2D eigenvalue weighted by atomic mass is 19.1. The van der Waals surface area contributed by atoms with Crippen molar-refractivity contribution in [3.8, 4) is 0 Å². The Labute approximate surface area is 96.7 Å². The Kier molecular flexibility index (Phi) is 2.07. The van der Waals surface area contributed by atoms with E-state index in [4.69, 9.17) is 5.11 Å². The molecule has 0 aliphatic carbocycles. The smallest absolute Gasteiger partial charge is 0.407 e. The van der Waals surface area contributed by atoms with Gasteiger partial charge in [0, 0.05) is 23.1 Å². The molecular formula is C12H11FN2O2.